The van der Waals surface area contributed by atoms with E-state index in [1.54, 1.807) is 0 Å². The van der Waals surface area contributed by atoms with E-state index in [0.29, 0.717) is 11.8 Å². The SMILES string of the molecule is CC(C)C1CCC(C)(C(=O)O)C1. The van der Waals surface area contributed by atoms with Crippen molar-refractivity contribution in [3.8, 4) is 0 Å². The molecule has 2 atom stereocenters. The van der Waals surface area contributed by atoms with Crippen LogP contribution in [0.4, 0.5) is 0 Å². The molecular formula is C10H18O2. The number of hydrogen-bond acceptors (Lipinski definition) is 1. The van der Waals surface area contributed by atoms with Crippen LogP contribution in [0.2, 0.25) is 0 Å². The summed E-state index contributed by atoms with van der Waals surface area (Å²) >= 11 is 0. The maximum atomic E-state index is 10.9. The summed E-state index contributed by atoms with van der Waals surface area (Å²) in [5.41, 5.74) is -0.436. The van der Waals surface area contributed by atoms with Gasteiger partial charge in [0.15, 0.2) is 0 Å². The zero-order valence-electron chi connectivity index (χ0n) is 8.13. The van der Waals surface area contributed by atoms with Crippen molar-refractivity contribution >= 4 is 5.97 Å². The number of hydrogen-bond donors (Lipinski definition) is 1. The highest BCUT2D eigenvalue weighted by Gasteiger charge is 2.41. The molecule has 2 unspecified atom stereocenters. The first kappa shape index (κ1) is 9.56. The fourth-order valence-electron chi connectivity index (χ4n) is 2.05. The van der Waals surface area contributed by atoms with Crippen molar-refractivity contribution < 1.29 is 9.90 Å². The molecule has 1 rings (SSSR count). The topological polar surface area (TPSA) is 37.3 Å². The minimum Gasteiger partial charge on any atom is -0.481 e. The second-order valence-electron chi connectivity index (χ2n) is 4.61. The van der Waals surface area contributed by atoms with Crippen molar-refractivity contribution in [1.29, 1.82) is 0 Å². The largest absolute Gasteiger partial charge is 0.481 e. The third-order valence-corrected chi connectivity index (χ3v) is 3.24. The Bertz CT molecular complexity index is 186. The van der Waals surface area contributed by atoms with Gasteiger partial charge in [0.2, 0.25) is 0 Å². The van der Waals surface area contributed by atoms with E-state index in [1.165, 1.54) is 0 Å². The monoisotopic (exact) mass is 170 g/mol. The molecule has 0 heterocycles. The van der Waals surface area contributed by atoms with Crippen LogP contribution in [-0.2, 0) is 4.79 Å². The van der Waals surface area contributed by atoms with Crippen LogP contribution in [0.15, 0.2) is 0 Å². The van der Waals surface area contributed by atoms with Crippen LogP contribution in [0, 0.1) is 17.3 Å². The molecule has 1 fully saturated rings. The van der Waals surface area contributed by atoms with E-state index in [2.05, 4.69) is 13.8 Å². The van der Waals surface area contributed by atoms with Crippen LogP contribution in [0.1, 0.15) is 40.0 Å². The minimum absolute atomic E-state index is 0.436. The summed E-state index contributed by atoms with van der Waals surface area (Å²) in [6.07, 6.45) is 2.80. The Morgan fingerprint density at radius 3 is 2.42 bits per heavy atom. The molecule has 12 heavy (non-hydrogen) atoms. The van der Waals surface area contributed by atoms with E-state index in [-0.39, 0.29) is 0 Å². The van der Waals surface area contributed by atoms with Crippen molar-refractivity contribution in [2.45, 2.75) is 40.0 Å². The van der Waals surface area contributed by atoms with Crippen LogP contribution in [0.5, 0.6) is 0 Å². The number of carboxylic acids is 1. The average molecular weight is 170 g/mol. The second kappa shape index (κ2) is 3.08. The van der Waals surface area contributed by atoms with E-state index in [0.717, 1.165) is 19.3 Å². The molecule has 2 nitrogen and oxygen atoms in total. The molecule has 0 saturated heterocycles. The molecule has 0 aromatic heterocycles. The molecule has 1 N–H and O–H groups in total. The van der Waals surface area contributed by atoms with Gasteiger partial charge in [0, 0.05) is 0 Å². The average Bonchev–Trinajstić information content (AvgIpc) is 2.33. The lowest BCUT2D eigenvalue weighted by molar-refractivity contribution is -0.147. The molecule has 1 aliphatic carbocycles. The van der Waals surface area contributed by atoms with Gasteiger partial charge in [0.1, 0.15) is 0 Å². The van der Waals surface area contributed by atoms with Gasteiger partial charge in [-0.3, -0.25) is 4.79 Å². The quantitative estimate of drug-likeness (QED) is 0.691. The Hall–Kier alpha value is -0.530. The highest BCUT2D eigenvalue weighted by molar-refractivity contribution is 5.74. The summed E-state index contributed by atoms with van der Waals surface area (Å²) in [4.78, 5) is 10.9. The molecular weight excluding hydrogens is 152 g/mol. The maximum Gasteiger partial charge on any atom is 0.309 e. The van der Waals surface area contributed by atoms with Crippen LogP contribution in [0.3, 0.4) is 0 Å². The van der Waals surface area contributed by atoms with Crippen molar-refractivity contribution in [3.05, 3.63) is 0 Å². The zero-order chi connectivity index (χ0) is 9.35. The first-order valence-corrected chi connectivity index (χ1v) is 4.69. The van der Waals surface area contributed by atoms with E-state index < -0.39 is 11.4 Å². The highest BCUT2D eigenvalue weighted by atomic mass is 16.4. The Morgan fingerprint density at radius 1 is 1.58 bits per heavy atom. The lowest BCUT2D eigenvalue weighted by Gasteiger charge is -2.19. The van der Waals surface area contributed by atoms with Crippen molar-refractivity contribution in [1.82, 2.24) is 0 Å². The van der Waals surface area contributed by atoms with Gasteiger partial charge in [0.05, 0.1) is 5.41 Å². The Kier molecular flexibility index (Phi) is 2.45. The van der Waals surface area contributed by atoms with Crippen molar-refractivity contribution in [3.63, 3.8) is 0 Å². The summed E-state index contributed by atoms with van der Waals surface area (Å²) in [6, 6.07) is 0. The van der Waals surface area contributed by atoms with Crippen LogP contribution >= 0.6 is 0 Å². The lowest BCUT2D eigenvalue weighted by atomic mass is 9.85. The van der Waals surface area contributed by atoms with Gasteiger partial charge in [-0.25, -0.2) is 0 Å². The van der Waals surface area contributed by atoms with Gasteiger partial charge in [-0.15, -0.1) is 0 Å². The number of rotatable bonds is 2. The molecule has 70 valence electrons. The Labute approximate surface area is 74.0 Å². The third kappa shape index (κ3) is 1.62. The standard InChI is InChI=1S/C10H18O2/c1-7(2)8-4-5-10(3,6-8)9(11)12/h7-8H,4-6H2,1-3H3,(H,11,12). The predicted octanol–water partition coefficient (Wildman–Crippen LogP) is 2.53. The molecule has 1 saturated carbocycles. The van der Waals surface area contributed by atoms with Gasteiger partial charge in [0.25, 0.3) is 0 Å². The van der Waals surface area contributed by atoms with Gasteiger partial charge in [-0.05, 0) is 38.0 Å². The molecule has 0 bridgehead atoms. The van der Waals surface area contributed by atoms with Crippen LogP contribution in [-0.4, -0.2) is 11.1 Å². The minimum atomic E-state index is -0.620. The fourth-order valence-corrected chi connectivity index (χ4v) is 2.05. The molecule has 0 spiro atoms. The normalized spacial score (nSPS) is 35.8. The third-order valence-electron chi connectivity index (χ3n) is 3.24. The van der Waals surface area contributed by atoms with Crippen LogP contribution < -0.4 is 0 Å². The summed E-state index contributed by atoms with van der Waals surface area (Å²) in [5, 5.41) is 8.97. The lowest BCUT2D eigenvalue weighted by Crippen LogP contribution is -2.24. The highest BCUT2D eigenvalue weighted by Crippen LogP contribution is 2.44. The Morgan fingerprint density at radius 2 is 2.17 bits per heavy atom. The molecule has 1 aliphatic rings. The molecule has 0 radical (unpaired) electrons. The summed E-state index contributed by atoms with van der Waals surface area (Å²) < 4.78 is 0. The van der Waals surface area contributed by atoms with Gasteiger partial charge in [-0.2, -0.15) is 0 Å². The first-order valence-electron chi connectivity index (χ1n) is 4.69. The predicted molar refractivity (Wildman–Crippen MR) is 47.9 cm³/mol. The molecule has 2 heteroatoms. The summed E-state index contributed by atoms with van der Waals surface area (Å²) in [5.74, 6) is 0.628. The number of carbonyl (C=O) groups is 1. The maximum absolute atomic E-state index is 10.9. The Balaban J connectivity index is 2.61. The fraction of sp³-hybridized carbons (Fsp3) is 0.900. The molecule has 0 aromatic rings. The van der Waals surface area contributed by atoms with E-state index in [9.17, 15) is 4.79 Å². The number of carboxylic acid groups (broad SMARTS) is 1. The molecule has 0 amide bonds. The summed E-state index contributed by atoms with van der Waals surface area (Å²) in [7, 11) is 0. The number of aliphatic carboxylic acids is 1. The molecule has 0 aliphatic heterocycles. The second-order valence-corrected chi connectivity index (χ2v) is 4.61. The van der Waals surface area contributed by atoms with E-state index in [1.807, 2.05) is 6.92 Å². The van der Waals surface area contributed by atoms with Gasteiger partial charge >= 0.3 is 5.97 Å². The van der Waals surface area contributed by atoms with Crippen molar-refractivity contribution in [2.75, 3.05) is 0 Å². The zero-order valence-corrected chi connectivity index (χ0v) is 8.13. The van der Waals surface area contributed by atoms with Crippen molar-refractivity contribution in [2.24, 2.45) is 17.3 Å². The smallest absolute Gasteiger partial charge is 0.309 e. The molecule has 0 aromatic carbocycles. The van der Waals surface area contributed by atoms with Crippen LogP contribution in [0.25, 0.3) is 0 Å². The van der Waals surface area contributed by atoms with E-state index >= 15 is 0 Å². The van der Waals surface area contributed by atoms with E-state index in [4.69, 9.17) is 5.11 Å². The van der Waals surface area contributed by atoms with Gasteiger partial charge in [-0.1, -0.05) is 13.8 Å². The first-order chi connectivity index (χ1) is 5.46. The van der Waals surface area contributed by atoms with Gasteiger partial charge < -0.3 is 5.11 Å². The summed E-state index contributed by atoms with van der Waals surface area (Å²) in [6.45, 7) is 6.23.